The molecule has 30 heavy (non-hydrogen) atoms. The number of alkyl halides is 4. The van der Waals surface area contributed by atoms with Crippen LogP contribution in [0.25, 0.3) is 0 Å². The van der Waals surface area contributed by atoms with E-state index in [1.54, 1.807) is 0 Å². The largest absolute Gasteiger partial charge is 0.573 e. The fraction of sp³-hybridized carbons (Fsp3) is 0.278. The third-order valence-corrected chi connectivity index (χ3v) is 4.46. The highest BCUT2D eigenvalue weighted by atomic mass is 79.9. The molecule has 0 aliphatic carbocycles. The fourth-order valence-corrected chi connectivity index (χ4v) is 2.99. The third kappa shape index (κ3) is 5.82. The smallest absolute Gasteiger partial charge is 0.433 e. The fourth-order valence-electron chi connectivity index (χ4n) is 2.57. The van der Waals surface area contributed by atoms with Crippen LogP contribution < -0.4 is 4.74 Å². The number of hydrogen-bond donors (Lipinski definition) is 0. The van der Waals surface area contributed by atoms with Crippen molar-refractivity contribution in [3.63, 3.8) is 0 Å². The van der Waals surface area contributed by atoms with Crippen molar-refractivity contribution in [3.05, 3.63) is 57.6 Å². The molecule has 0 fully saturated rings. The molecule has 0 unspecified atom stereocenters. The topological polar surface area (TPSA) is 68.7 Å². The lowest BCUT2D eigenvalue weighted by Gasteiger charge is -2.27. The van der Waals surface area contributed by atoms with E-state index >= 15 is 0 Å². The Morgan fingerprint density at radius 2 is 1.97 bits per heavy atom. The van der Waals surface area contributed by atoms with Crippen LogP contribution in [0.4, 0.5) is 22.4 Å². The molecule has 0 saturated heterocycles. The van der Waals surface area contributed by atoms with Crippen molar-refractivity contribution in [3.8, 4) is 5.75 Å². The van der Waals surface area contributed by atoms with Gasteiger partial charge in [-0.15, -0.1) is 13.2 Å². The van der Waals surface area contributed by atoms with Gasteiger partial charge in [0.05, 0.1) is 17.3 Å². The molecule has 1 aromatic heterocycles. The van der Waals surface area contributed by atoms with Crippen LogP contribution in [0.2, 0.25) is 0 Å². The number of benzene rings is 1. The Kier molecular flexibility index (Phi) is 7.64. The molecule has 2 rings (SSSR count). The van der Waals surface area contributed by atoms with Gasteiger partial charge in [-0.2, -0.15) is 0 Å². The zero-order valence-corrected chi connectivity index (χ0v) is 17.8. The van der Waals surface area contributed by atoms with Crippen molar-refractivity contribution in [1.29, 1.82) is 0 Å². The lowest BCUT2D eigenvalue weighted by Crippen LogP contribution is -2.40. The van der Waals surface area contributed by atoms with Gasteiger partial charge in [-0.3, -0.25) is 9.78 Å². The van der Waals surface area contributed by atoms with Crippen molar-refractivity contribution in [2.45, 2.75) is 26.3 Å². The molecule has 162 valence electrons. The molecular formula is C18H14BrClF4N2O4. The molecule has 2 amide bonds. The second-order valence-corrected chi connectivity index (χ2v) is 7.02. The molecule has 0 radical (unpaired) electrons. The summed E-state index contributed by atoms with van der Waals surface area (Å²) in [5.41, 5.74) is -0.156. The Labute approximate surface area is 181 Å². The van der Waals surface area contributed by atoms with E-state index in [1.807, 2.05) is 0 Å². The van der Waals surface area contributed by atoms with Crippen LogP contribution in [0.15, 0.2) is 34.9 Å². The maximum Gasteiger partial charge on any atom is 0.573 e. The molecule has 0 saturated carbocycles. The van der Waals surface area contributed by atoms with Crippen LogP contribution in [0.1, 0.15) is 34.6 Å². The monoisotopic (exact) mass is 512 g/mol. The number of pyridine rings is 1. The first-order chi connectivity index (χ1) is 13.9. The average molecular weight is 514 g/mol. The number of nitrogens with zero attached hydrogens (tertiary/aromatic N) is 2. The summed E-state index contributed by atoms with van der Waals surface area (Å²) in [7, 11) is 0. The lowest BCUT2D eigenvalue weighted by molar-refractivity contribution is -0.274. The highest BCUT2D eigenvalue weighted by molar-refractivity contribution is 9.10. The Morgan fingerprint density at radius 1 is 1.30 bits per heavy atom. The van der Waals surface area contributed by atoms with Gasteiger partial charge in [-0.25, -0.2) is 14.1 Å². The SMILES string of the molecule is Cc1ncc(Br)cc1C(=O)N(C(=O)OCCl)[C@H](C)c1cc(OC(F)(F)F)ccc1F. The maximum atomic E-state index is 14.4. The van der Waals surface area contributed by atoms with Crippen molar-refractivity contribution in [2.24, 2.45) is 0 Å². The van der Waals surface area contributed by atoms with Gasteiger partial charge >= 0.3 is 12.5 Å². The van der Waals surface area contributed by atoms with E-state index in [9.17, 15) is 27.2 Å². The van der Waals surface area contributed by atoms with Crippen LogP contribution in [0, 0.1) is 12.7 Å². The van der Waals surface area contributed by atoms with Gasteiger partial charge in [0.2, 0.25) is 0 Å². The highest BCUT2D eigenvalue weighted by Crippen LogP contribution is 2.31. The summed E-state index contributed by atoms with van der Waals surface area (Å²) in [6.07, 6.45) is -4.80. The van der Waals surface area contributed by atoms with Gasteiger partial charge in [0.1, 0.15) is 11.6 Å². The molecule has 1 heterocycles. The molecule has 2 aromatic rings. The van der Waals surface area contributed by atoms with Gasteiger partial charge in [0, 0.05) is 16.2 Å². The standard InChI is InChI=1S/C18H14BrClF4N2O4/c1-9-13(5-11(19)7-25-9)16(27)26(17(28)29-8-20)10(2)14-6-12(3-4-15(14)21)30-18(22,23)24/h3-7,10H,8H2,1-2H3/t10-/m1/s1. The van der Waals surface area contributed by atoms with Crippen molar-refractivity contribution in [2.75, 3.05) is 6.07 Å². The Balaban J connectivity index is 2.52. The summed E-state index contributed by atoms with van der Waals surface area (Å²) in [5, 5.41) is 0. The van der Waals surface area contributed by atoms with E-state index in [0.717, 1.165) is 18.2 Å². The third-order valence-electron chi connectivity index (χ3n) is 3.92. The summed E-state index contributed by atoms with van der Waals surface area (Å²) in [6.45, 7) is 2.75. The van der Waals surface area contributed by atoms with Crippen LogP contribution in [-0.2, 0) is 4.74 Å². The first kappa shape index (κ1) is 23.9. The van der Waals surface area contributed by atoms with Crippen LogP contribution in [0.3, 0.4) is 0 Å². The van der Waals surface area contributed by atoms with E-state index in [-0.39, 0.29) is 11.3 Å². The molecule has 6 nitrogen and oxygen atoms in total. The highest BCUT2D eigenvalue weighted by Gasteiger charge is 2.35. The minimum atomic E-state index is -5.01. The number of rotatable bonds is 5. The second-order valence-electron chi connectivity index (χ2n) is 5.89. The van der Waals surface area contributed by atoms with Gasteiger partial charge in [-0.1, -0.05) is 11.6 Å². The van der Waals surface area contributed by atoms with Gasteiger partial charge in [-0.05, 0) is 54.0 Å². The predicted octanol–water partition coefficient (Wildman–Crippen LogP) is 5.73. The number of ether oxygens (including phenoxy) is 2. The minimum Gasteiger partial charge on any atom is -0.433 e. The number of imide groups is 1. The number of aromatic nitrogens is 1. The first-order valence-corrected chi connectivity index (χ1v) is 9.51. The van der Waals surface area contributed by atoms with Crippen molar-refractivity contribution in [1.82, 2.24) is 9.88 Å². The number of aryl methyl sites for hydroxylation is 1. The molecule has 12 heteroatoms. The number of carbonyl (C=O) groups excluding carboxylic acids is 2. The second kappa shape index (κ2) is 9.61. The first-order valence-electron chi connectivity index (χ1n) is 8.18. The minimum absolute atomic E-state index is 0.00847. The van der Waals surface area contributed by atoms with Gasteiger partial charge in [0.25, 0.3) is 5.91 Å². The summed E-state index contributed by atoms with van der Waals surface area (Å²) in [4.78, 5) is 30.0. The average Bonchev–Trinajstić information content (AvgIpc) is 2.64. The molecule has 0 N–H and O–H groups in total. The Hall–Kier alpha value is -2.40. The van der Waals surface area contributed by atoms with Gasteiger partial charge in [0.15, 0.2) is 6.07 Å². The molecule has 0 bridgehead atoms. The Morgan fingerprint density at radius 3 is 2.57 bits per heavy atom. The number of carbonyl (C=O) groups is 2. The van der Waals surface area contributed by atoms with E-state index < -0.39 is 47.6 Å². The van der Waals surface area contributed by atoms with E-state index in [2.05, 4.69) is 30.4 Å². The summed E-state index contributed by atoms with van der Waals surface area (Å²) >= 11 is 8.57. The Bertz CT molecular complexity index is 958. The predicted molar refractivity (Wildman–Crippen MR) is 102 cm³/mol. The number of halogens is 6. The molecule has 0 aliphatic heterocycles. The van der Waals surface area contributed by atoms with Crippen LogP contribution in [-0.4, -0.2) is 34.3 Å². The zero-order valence-electron chi connectivity index (χ0n) is 15.5. The maximum absolute atomic E-state index is 14.4. The van der Waals surface area contributed by atoms with Crippen LogP contribution in [0.5, 0.6) is 5.75 Å². The molecule has 1 aromatic carbocycles. The lowest BCUT2D eigenvalue weighted by atomic mass is 10.0. The normalized spacial score (nSPS) is 12.3. The number of hydrogen-bond acceptors (Lipinski definition) is 5. The van der Waals surface area contributed by atoms with E-state index in [1.165, 1.54) is 26.1 Å². The summed E-state index contributed by atoms with van der Waals surface area (Å²) in [6, 6.07) is 1.65. The van der Waals surface area contributed by atoms with Gasteiger partial charge < -0.3 is 9.47 Å². The quantitative estimate of drug-likeness (QED) is 0.377. The number of amides is 2. The molecule has 1 atom stereocenters. The van der Waals surface area contributed by atoms with Crippen molar-refractivity contribution < 1.29 is 36.6 Å². The molecule has 0 spiro atoms. The summed E-state index contributed by atoms with van der Waals surface area (Å²) < 4.78 is 60.8. The van der Waals surface area contributed by atoms with E-state index in [4.69, 9.17) is 11.6 Å². The van der Waals surface area contributed by atoms with E-state index in [0.29, 0.717) is 9.37 Å². The molecule has 0 aliphatic rings. The van der Waals surface area contributed by atoms with Crippen molar-refractivity contribution >= 4 is 39.5 Å². The molecular weight excluding hydrogens is 500 g/mol. The van der Waals surface area contributed by atoms with Crippen LogP contribution >= 0.6 is 27.5 Å². The zero-order chi connectivity index (χ0) is 22.6. The summed E-state index contributed by atoms with van der Waals surface area (Å²) in [5.74, 6) is -2.59.